The summed E-state index contributed by atoms with van der Waals surface area (Å²) in [5.74, 6) is 1.77. The molecule has 2 aromatic rings. The standard InChI is InChI=1S/C10H13N5S/c1-6-8-5-12-9(15(8)4-3-11-6)10-13-7(2)14-16-10/h5-6,11H,3-4H2,1-2H3. The van der Waals surface area contributed by atoms with Crippen molar-refractivity contribution in [2.24, 2.45) is 0 Å². The van der Waals surface area contributed by atoms with Gasteiger partial charge in [-0.1, -0.05) is 0 Å². The highest BCUT2D eigenvalue weighted by atomic mass is 32.1. The Morgan fingerprint density at radius 3 is 3.19 bits per heavy atom. The molecule has 0 fully saturated rings. The predicted octanol–water partition coefficient (Wildman–Crippen LogP) is 1.37. The average Bonchev–Trinajstić information content (AvgIpc) is 2.84. The van der Waals surface area contributed by atoms with Gasteiger partial charge in [0, 0.05) is 19.1 Å². The van der Waals surface area contributed by atoms with Crippen molar-refractivity contribution >= 4 is 11.5 Å². The van der Waals surface area contributed by atoms with Gasteiger partial charge in [-0.15, -0.1) is 0 Å². The Bertz CT molecular complexity index is 515. The molecule has 0 amide bonds. The van der Waals surface area contributed by atoms with Gasteiger partial charge in [0.05, 0.1) is 11.9 Å². The summed E-state index contributed by atoms with van der Waals surface area (Å²) in [4.78, 5) is 8.85. The zero-order valence-electron chi connectivity index (χ0n) is 9.27. The number of fused-ring (bicyclic) bond motifs is 1. The number of hydrogen-bond donors (Lipinski definition) is 1. The lowest BCUT2D eigenvalue weighted by molar-refractivity contribution is 0.451. The number of aromatic nitrogens is 4. The Kier molecular flexibility index (Phi) is 2.26. The van der Waals surface area contributed by atoms with Gasteiger partial charge in [-0.3, -0.25) is 0 Å². The van der Waals surface area contributed by atoms with Crippen LogP contribution in [0.4, 0.5) is 0 Å². The van der Waals surface area contributed by atoms with E-state index in [1.807, 2.05) is 13.1 Å². The van der Waals surface area contributed by atoms with Gasteiger partial charge in [-0.05, 0) is 25.4 Å². The monoisotopic (exact) mass is 235 g/mol. The minimum absolute atomic E-state index is 0.365. The highest BCUT2D eigenvalue weighted by molar-refractivity contribution is 7.09. The zero-order chi connectivity index (χ0) is 11.1. The van der Waals surface area contributed by atoms with Gasteiger partial charge in [0.15, 0.2) is 10.8 Å². The molecular weight excluding hydrogens is 222 g/mol. The van der Waals surface area contributed by atoms with Crippen LogP contribution >= 0.6 is 11.5 Å². The van der Waals surface area contributed by atoms with E-state index in [1.54, 1.807) is 0 Å². The van der Waals surface area contributed by atoms with E-state index in [9.17, 15) is 0 Å². The SMILES string of the molecule is Cc1nsc(-c2ncc3n2CCNC3C)n1. The Morgan fingerprint density at radius 1 is 1.56 bits per heavy atom. The molecule has 0 spiro atoms. The average molecular weight is 235 g/mol. The van der Waals surface area contributed by atoms with E-state index in [4.69, 9.17) is 0 Å². The van der Waals surface area contributed by atoms with Crippen LogP contribution in [0, 0.1) is 6.92 Å². The van der Waals surface area contributed by atoms with E-state index in [0.29, 0.717) is 6.04 Å². The van der Waals surface area contributed by atoms with Crippen molar-refractivity contribution in [2.75, 3.05) is 6.54 Å². The van der Waals surface area contributed by atoms with Crippen LogP contribution in [-0.4, -0.2) is 25.5 Å². The molecule has 5 nitrogen and oxygen atoms in total. The van der Waals surface area contributed by atoms with Crippen LogP contribution < -0.4 is 5.32 Å². The van der Waals surface area contributed by atoms with E-state index in [1.165, 1.54) is 17.2 Å². The van der Waals surface area contributed by atoms with Crippen molar-refractivity contribution in [1.82, 2.24) is 24.2 Å². The lowest BCUT2D eigenvalue weighted by atomic mass is 10.2. The molecule has 1 atom stereocenters. The van der Waals surface area contributed by atoms with Crippen molar-refractivity contribution < 1.29 is 0 Å². The van der Waals surface area contributed by atoms with Gasteiger partial charge in [0.1, 0.15) is 5.82 Å². The molecule has 84 valence electrons. The maximum atomic E-state index is 4.46. The van der Waals surface area contributed by atoms with Crippen molar-refractivity contribution in [2.45, 2.75) is 26.4 Å². The molecule has 0 bridgehead atoms. The van der Waals surface area contributed by atoms with Gasteiger partial charge in [-0.2, -0.15) is 4.37 Å². The maximum absolute atomic E-state index is 4.46. The Hall–Kier alpha value is -1.27. The Labute approximate surface area is 97.7 Å². The molecule has 16 heavy (non-hydrogen) atoms. The van der Waals surface area contributed by atoms with Gasteiger partial charge in [-0.25, -0.2) is 9.97 Å². The lowest BCUT2D eigenvalue weighted by Gasteiger charge is -2.23. The van der Waals surface area contributed by atoms with Crippen LogP contribution in [0.3, 0.4) is 0 Å². The van der Waals surface area contributed by atoms with Crippen LogP contribution in [0.2, 0.25) is 0 Å². The van der Waals surface area contributed by atoms with Crippen LogP contribution in [-0.2, 0) is 6.54 Å². The highest BCUT2D eigenvalue weighted by Crippen LogP contribution is 2.26. The third-order valence-electron chi connectivity index (χ3n) is 2.83. The largest absolute Gasteiger partial charge is 0.323 e. The third kappa shape index (κ3) is 1.45. The van der Waals surface area contributed by atoms with Crippen LogP contribution in [0.1, 0.15) is 24.5 Å². The molecule has 0 radical (unpaired) electrons. The fourth-order valence-electron chi connectivity index (χ4n) is 2.03. The number of aryl methyl sites for hydroxylation is 1. The summed E-state index contributed by atoms with van der Waals surface area (Å²) >= 11 is 1.42. The van der Waals surface area contributed by atoms with Gasteiger partial charge < -0.3 is 9.88 Å². The molecule has 1 aliphatic rings. The number of nitrogens with zero attached hydrogens (tertiary/aromatic N) is 4. The molecule has 0 aromatic carbocycles. The van der Waals surface area contributed by atoms with Crippen molar-refractivity contribution in [3.05, 3.63) is 17.7 Å². The molecule has 1 unspecified atom stereocenters. The molecule has 3 heterocycles. The molecule has 3 rings (SSSR count). The number of nitrogens with one attached hydrogen (secondary N) is 1. The van der Waals surface area contributed by atoms with Gasteiger partial charge in [0.25, 0.3) is 0 Å². The first-order chi connectivity index (χ1) is 7.75. The Morgan fingerprint density at radius 2 is 2.44 bits per heavy atom. The van der Waals surface area contributed by atoms with E-state index < -0.39 is 0 Å². The molecule has 1 N–H and O–H groups in total. The second-order valence-corrected chi connectivity index (χ2v) is 4.73. The predicted molar refractivity (Wildman–Crippen MR) is 62.3 cm³/mol. The molecule has 6 heteroatoms. The second kappa shape index (κ2) is 3.64. The molecule has 0 saturated carbocycles. The summed E-state index contributed by atoms with van der Waals surface area (Å²) in [6.45, 7) is 6.00. The minimum Gasteiger partial charge on any atom is -0.323 e. The minimum atomic E-state index is 0.365. The fourth-order valence-corrected chi connectivity index (χ4v) is 2.70. The summed E-state index contributed by atoms with van der Waals surface area (Å²) < 4.78 is 6.44. The first kappa shape index (κ1) is 9.92. The first-order valence-corrected chi connectivity index (χ1v) is 6.12. The maximum Gasteiger partial charge on any atom is 0.179 e. The topological polar surface area (TPSA) is 55.6 Å². The molecule has 0 saturated heterocycles. The fraction of sp³-hybridized carbons (Fsp3) is 0.500. The van der Waals surface area contributed by atoms with Crippen molar-refractivity contribution in [3.63, 3.8) is 0 Å². The van der Waals surface area contributed by atoms with Gasteiger partial charge >= 0.3 is 0 Å². The summed E-state index contributed by atoms with van der Waals surface area (Å²) in [7, 11) is 0. The normalized spacial score (nSPS) is 19.8. The molecule has 0 aliphatic carbocycles. The summed E-state index contributed by atoms with van der Waals surface area (Å²) in [5.41, 5.74) is 1.23. The molecule has 1 aliphatic heterocycles. The van der Waals surface area contributed by atoms with Crippen LogP contribution in [0.15, 0.2) is 6.20 Å². The quantitative estimate of drug-likeness (QED) is 0.811. The van der Waals surface area contributed by atoms with E-state index in [2.05, 4.69) is 31.1 Å². The van der Waals surface area contributed by atoms with Crippen LogP contribution in [0.25, 0.3) is 10.8 Å². The lowest BCUT2D eigenvalue weighted by Crippen LogP contribution is -2.31. The van der Waals surface area contributed by atoms with E-state index in [-0.39, 0.29) is 0 Å². The summed E-state index contributed by atoms with van der Waals surface area (Å²) in [6.07, 6.45) is 1.93. The summed E-state index contributed by atoms with van der Waals surface area (Å²) in [6, 6.07) is 0.365. The third-order valence-corrected chi connectivity index (χ3v) is 3.64. The number of hydrogen-bond acceptors (Lipinski definition) is 5. The van der Waals surface area contributed by atoms with E-state index >= 15 is 0 Å². The van der Waals surface area contributed by atoms with Crippen LogP contribution in [0.5, 0.6) is 0 Å². The zero-order valence-corrected chi connectivity index (χ0v) is 10.1. The number of imidazole rings is 1. The highest BCUT2D eigenvalue weighted by Gasteiger charge is 2.21. The molecular formula is C10H13N5S. The smallest absolute Gasteiger partial charge is 0.179 e. The number of rotatable bonds is 1. The Balaban J connectivity index is 2.09. The van der Waals surface area contributed by atoms with Crippen molar-refractivity contribution in [1.29, 1.82) is 0 Å². The molecule has 2 aromatic heterocycles. The summed E-state index contributed by atoms with van der Waals surface area (Å²) in [5, 5.41) is 4.33. The second-order valence-electron chi connectivity index (χ2n) is 3.98. The van der Waals surface area contributed by atoms with Gasteiger partial charge in [0.2, 0.25) is 0 Å². The first-order valence-electron chi connectivity index (χ1n) is 5.35. The van der Waals surface area contributed by atoms with Crippen molar-refractivity contribution in [3.8, 4) is 10.8 Å². The van der Waals surface area contributed by atoms with E-state index in [0.717, 1.165) is 29.7 Å².